The monoisotopic (exact) mass is 329 g/mol. The number of rotatable bonds is 3. The van der Waals surface area contributed by atoms with Crippen molar-refractivity contribution in [2.45, 2.75) is 58.3 Å². The second-order valence-electron chi connectivity index (χ2n) is 7.74. The first-order valence-corrected chi connectivity index (χ1v) is 8.93. The van der Waals surface area contributed by atoms with Gasteiger partial charge in [-0.05, 0) is 67.2 Å². The van der Waals surface area contributed by atoms with Crippen LogP contribution in [0.4, 0.5) is 0 Å². The molecule has 3 rings (SSSR count). The van der Waals surface area contributed by atoms with Gasteiger partial charge in [-0.25, -0.2) is 4.79 Å². The highest BCUT2D eigenvalue weighted by Gasteiger charge is 2.54. The van der Waals surface area contributed by atoms with Crippen LogP contribution in [0.25, 0.3) is 0 Å². The first kappa shape index (κ1) is 17.0. The summed E-state index contributed by atoms with van der Waals surface area (Å²) in [7, 11) is 0. The fourth-order valence-corrected chi connectivity index (χ4v) is 5.13. The molecule has 2 N–H and O–H groups in total. The van der Waals surface area contributed by atoms with Crippen LogP contribution in [-0.4, -0.2) is 18.5 Å². The molecule has 0 spiro atoms. The molecule has 0 bridgehead atoms. The lowest BCUT2D eigenvalue weighted by molar-refractivity contribution is -0.135. The van der Waals surface area contributed by atoms with E-state index in [0.29, 0.717) is 12.2 Å². The molecule has 1 fully saturated rings. The number of benzene rings is 1. The van der Waals surface area contributed by atoms with Gasteiger partial charge in [0.2, 0.25) is 5.91 Å². The molecule has 0 aliphatic heterocycles. The Kier molecular flexibility index (Phi) is 4.18. The van der Waals surface area contributed by atoms with Gasteiger partial charge in [-0.1, -0.05) is 26.3 Å². The van der Waals surface area contributed by atoms with Crippen LogP contribution in [0.5, 0.6) is 0 Å². The zero-order valence-electron chi connectivity index (χ0n) is 14.9. The summed E-state index contributed by atoms with van der Waals surface area (Å²) in [6.07, 6.45) is 4.76. The number of carbonyl (C=O) groups is 2. The third-order valence-electron chi connectivity index (χ3n) is 6.43. The Morgan fingerprint density at radius 1 is 1.29 bits per heavy atom. The summed E-state index contributed by atoms with van der Waals surface area (Å²) in [5.41, 5.74) is 8.40. The zero-order valence-corrected chi connectivity index (χ0v) is 14.9. The maximum Gasteiger partial charge on any atom is 0.338 e. The van der Waals surface area contributed by atoms with Crippen molar-refractivity contribution in [3.8, 4) is 0 Å². The Hall–Kier alpha value is -1.84. The van der Waals surface area contributed by atoms with Crippen molar-refractivity contribution in [1.82, 2.24) is 0 Å². The molecule has 2 aliphatic carbocycles. The largest absolute Gasteiger partial charge is 0.462 e. The standard InChI is InChI=1S/C20H27NO3/c1-4-24-17(22)14-6-8-15-13(12-14)7-9-16-19(15,2)10-5-11-20(16,3)18(21)23/h6,8,12,16H,4-5,7,9-11H2,1-3H3,(H2,21,23). The molecule has 0 aromatic heterocycles. The molecule has 24 heavy (non-hydrogen) atoms. The molecular formula is C20H27NO3. The molecule has 1 amide bonds. The lowest BCUT2D eigenvalue weighted by Gasteiger charge is -2.54. The summed E-state index contributed by atoms with van der Waals surface area (Å²) < 4.78 is 5.12. The predicted octanol–water partition coefficient (Wildman–Crippen LogP) is 3.36. The normalized spacial score (nSPS) is 31.7. The molecule has 1 aromatic carbocycles. The van der Waals surface area contributed by atoms with E-state index in [9.17, 15) is 9.59 Å². The van der Waals surface area contributed by atoms with E-state index in [-0.39, 0.29) is 23.2 Å². The number of primary amides is 1. The Morgan fingerprint density at radius 3 is 2.71 bits per heavy atom. The van der Waals surface area contributed by atoms with Gasteiger partial charge in [-0.15, -0.1) is 0 Å². The highest BCUT2D eigenvalue weighted by molar-refractivity contribution is 5.90. The van der Waals surface area contributed by atoms with Gasteiger partial charge >= 0.3 is 5.97 Å². The first-order chi connectivity index (χ1) is 11.3. The highest BCUT2D eigenvalue weighted by atomic mass is 16.5. The fraction of sp³-hybridized carbons (Fsp3) is 0.600. The van der Waals surface area contributed by atoms with Gasteiger partial charge in [-0.3, -0.25) is 4.79 Å². The number of hydrogen-bond acceptors (Lipinski definition) is 3. The van der Waals surface area contributed by atoms with Crippen LogP contribution >= 0.6 is 0 Å². The lowest BCUT2D eigenvalue weighted by Crippen LogP contribution is -2.54. The van der Waals surface area contributed by atoms with E-state index in [1.165, 1.54) is 11.1 Å². The Morgan fingerprint density at radius 2 is 2.04 bits per heavy atom. The van der Waals surface area contributed by atoms with Gasteiger partial charge in [0.25, 0.3) is 0 Å². The van der Waals surface area contributed by atoms with Crippen molar-refractivity contribution in [2.75, 3.05) is 6.61 Å². The Labute approximate surface area is 143 Å². The minimum Gasteiger partial charge on any atom is -0.462 e. The maximum atomic E-state index is 12.2. The number of aryl methyl sites for hydroxylation is 1. The predicted molar refractivity (Wildman–Crippen MR) is 92.7 cm³/mol. The second-order valence-corrected chi connectivity index (χ2v) is 7.74. The third kappa shape index (κ3) is 2.43. The van der Waals surface area contributed by atoms with Gasteiger partial charge in [0.15, 0.2) is 0 Å². The third-order valence-corrected chi connectivity index (χ3v) is 6.43. The quantitative estimate of drug-likeness (QED) is 0.865. The summed E-state index contributed by atoms with van der Waals surface area (Å²) in [5, 5.41) is 0. The summed E-state index contributed by atoms with van der Waals surface area (Å²) in [6, 6.07) is 5.91. The molecule has 1 saturated carbocycles. The van der Waals surface area contributed by atoms with Crippen molar-refractivity contribution < 1.29 is 14.3 Å². The van der Waals surface area contributed by atoms with Crippen molar-refractivity contribution in [3.05, 3.63) is 34.9 Å². The van der Waals surface area contributed by atoms with E-state index in [2.05, 4.69) is 13.0 Å². The van der Waals surface area contributed by atoms with Crippen molar-refractivity contribution >= 4 is 11.9 Å². The molecule has 130 valence electrons. The smallest absolute Gasteiger partial charge is 0.338 e. The molecule has 4 heteroatoms. The zero-order chi connectivity index (χ0) is 17.5. The second kappa shape index (κ2) is 5.91. The van der Waals surface area contributed by atoms with Crippen LogP contribution in [-0.2, 0) is 21.4 Å². The summed E-state index contributed by atoms with van der Waals surface area (Å²) in [6.45, 7) is 6.50. The van der Waals surface area contributed by atoms with Gasteiger partial charge in [0.05, 0.1) is 12.2 Å². The van der Waals surface area contributed by atoms with Crippen LogP contribution in [0.15, 0.2) is 18.2 Å². The van der Waals surface area contributed by atoms with Crippen LogP contribution in [0, 0.1) is 11.3 Å². The molecule has 3 unspecified atom stereocenters. The van der Waals surface area contributed by atoms with E-state index in [4.69, 9.17) is 10.5 Å². The number of esters is 1. The number of ether oxygens (including phenoxy) is 1. The highest BCUT2D eigenvalue weighted by Crippen LogP contribution is 2.57. The lowest BCUT2D eigenvalue weighted by atomic mass is 9.49. The molecule has 0 radical (unpaired) electrons. The molecule has 0 saturated heterocycles. The number of fused-ring (bicyclic) bond motifs is 3. The topological polar surface area (TPSA) is 69.4 Å². The minimum absolute atomic E-state index is 0.0528. The molecule has 2 aliphatic rings. The van der Waals surface area contributed by atoms with Crippen LogP contribution in [0.1, 0.15) is 67.9 Å². The van der Waals surface area contributed by atoms with Crippen molar-refractivity contribution in [2.24, 2.45) is 17.1 Å². The van der Waals surface area contributed by atoms with Crippen molar-refractivity contribution in [1.29, 1.82) is 0 Å². The maximum absolute atomic E-state index is 12.2. The van der Waals surface area contributed by atoms with Crippen LogP contribution in [0.3, 0.4) is 0 Å². The Balaban J connectivity index is 2.01. The fourth-order valence-electron chi connectivity index (χ4n) is 5.13. The molecule has 3 atom stereocenters. The van der Waals surface area contributed by atoms with Gasteiger partial charge in [-0.2, -0.15) is 0 Å². The van der Waals surface area contributed by atoms with Gasteiger partial charge < -0.3 is 10.5 Å². The first-order valence-electron chi connectivity index (χ1n) is 8.93. The molecule has 0 heterocycles. The molecule has 4 nitrogen and oxygen atoms in total. The van der Waals surface area contributed by atoms with E-state index in [1.54, 1.807) is 0 Å². The number of nitrogens with two attached hydrogens (primary N) is 1. The number of hydrogen-bond donors (Lipinski definition) is 1. The van der Waals surface area contributed by atoms with E-state index in [0.717, 1.165) is 32.1 Å². The van der Waals surface area contributed by atoms with E-state index < -0.39 is 5.41 Å². The van der Waals surface area contributed by atoms with Crippen LogP contribution in [0.2, 0.25) is 0 Å². The summed E-state index contributed by atoms with van der Waals surface area (Å²) in [5.74, 6) is -0.180. The summed E-state index contributed by atoms with van der Waals surface area (Å²) >= 11 is 0. The average Bonchev–Trinajstić information content (AvgIpc) is 2.54. The van der Waals surface area contributed by atoms with E-state index in [1.807, 2.05) is 26.0 Å². The Bertz CT molecular complexity index is 683. The molecular weight excluding hydrogens is 302 g/mol. The van der Waals surface area contributed by atoms with Gasteiger partial charge in [0.1, 0.15) is 0 Å². The van der Waals surface area contributed by atoms with E-state index >= 15 is 0 Å². The molecule has 1 aromatic rings. The van der Waals surface area contributed by atoms with Gasteiger partial charge in [0, 0.05) is 5.41 Å². The van der Waals surface area contributed by atoms with Crippen LogP contribution < -0.4 is 5.73 Å². The minimum atomic E-state index is -0.440. The SMILES string of the molecule is CCOC(=O)c1ccc2c(c1)CCC1C(C)(C(N)=O)CCCC21C. The number of amides is 1. The average molecular weight is 329 g/mol. The summed E-state index contributed by atoms with van der Waals surface area (Å²) in [4.78, 5) is 24.2. The van der Waals surface area contributed by atoms with Crippen molar-refractivity contribution in [3.63, 3.8) is 0 Å². The number of carbonyl (C=O) groups excluding carboxylic acids is 2.